The molecule has 0 aliphatic carbocycles. The lowest BCUT2D eigenvalue weighted by atomic mass is 10.0. The summed E-state index contributed by atoms with van der Waals surface area (Å²) in [6.45, 7) is 4.55. The Hall–Kier alpha value is -0.860. The fraction of sp³-hybridized carbons (Fsp3) is 0.714. The van der Waals surface area contributed by atoms with Gasteiger partial charge in [-0.05, 0) is 25.7 Å². The van der Waals surface area contributed by atoms with Crippen molar-refractivity contribution in [1.82, 2.24) is 0 Å². The minimum Gasteiger partial charge on any atom is -0.393 e. The van der Waals surface area contributed by atoms with Gasteiger partial charge in [0.2, 0.25) is 0 Å². The number of unbranched alkanes of at least 4 members (excludes halogenated alkanes) is 5. The van der Waals surface area contributed by atoms with Crippen molar-refractivity contribution in [3.8, 4) is 0 Å². The smallest absolute Gasteiger partial charge is 0.104 e. The third kappa shape index (κ3) is 10.5. The Labute approximate surface area is 144 Å². The van der Waals surface area contributed by atoms with Crippen molar-refractivity contribution < 1.29 is 9.59 Å². The predicted octanol–water partition coefficient (Wildman–Crippen LogP) is 5.15. The molecule has 23 heavy (non-hydrogen) atoms. The SMILES string of the molecule is CCCCCC(O)CCCCCC[N+](C)(C)Cc1ccccc1. The van der Waals surface area contributed by atoms with E-state index in [2.05, 4.69) is 51.4 Å². The monoisotopic (exact) mass is 320 g/mol. The zero-order valence-electron chi connectivity index (χ0n) is 15.6. The molecule has 1 aromatic rings. The maximum absolute atomic E-state index is 9.92. The second-order valence-electron chi connectivity index (χ2n) is 7.66. The molecule has 2 nitrogen and oxygen atoms in total. The number of hydrogen-bond acceptors (Lipinski definition) is 1. The average Bonchev–Trinajstić information content (AvgIpc) is 2.51. The molecule has 1 aromatic carbocycles. The summed E-state index contributed by atoms with van der Waals surface area (Å²) < 4.78 is 1.06. The van der Waals surface area contributed by atoms with Crippen LogP contribution in [0.4, 0.5) is 0 Å². The predicted molar refractivity (Wildman–Crippen MR) is 100 cm³/mol. The molecule has 0 saturated carbocycles. The first kappa shape index (κ1) is 20.2. The summed E-state index contributed by atoms with van der Waals surface area (Å²) in [7, 11) is 4.65. The molecule has 132 valence electrons. The fourth-order valence-electron chi connectivity index (χ4n) is 3.20. The molecule has 0 saturated heterocycles. The first-order valence-electron chi connectivity index (χ1n) is 9.57. The number of rotatable bonds is 13. The highest BCUT2D eigenvalue weighted by atomic mass is 16.3. The summed E-state index contributed by atoms with van der Waals surface area (Å²) >= 11 is 0. The number of aliphatic hydroxyl groups excluding tert-OH is 1. The van der Waals surface area contributed by atoms with Crippen LogP contribution in [0.1, 0.15) is 70.3 Å². The molecule has 0 spiro atoms. The van der Waals surface area contributed by atoms with E-state index in [1.807, 2.05) is 0 Å². The topological polar surface area (TPSA) is 20.2 Å². The summed E-state index contributed by atoms with van der Waals surface area (Å²) in [5.74, 6) is 0. The van der Waals surface area contributed by atoms with Gasteiger partial charge in [0.05, 0.1) is 26.7 Å². The zero-order chi connectivity index (χ0) is 17.0. The van der Waals surface area contributed by atoms with Gasteiger partial charge in [0.25, 0.3) is 0 Å². The number of benzene rings is 1. The van der Waals surface area contributed by atoms with Crippen LogP contribution in [0.5, 0.6) is 0 Å². The van der Waals surface area contributed by atoms with E-state index >= 15 is 0 Å². The van der Waals surface area contributed by atoms with E-state index in [1.54, 1.807) is 0 Å². The summed E-state index contributed by atoms with van der Waals surface area (Å²) in [5, 5.41) is 9.92. The Bertz CT molecular complexity index is 388. The van der Waals surface area contributed by atoms with Gasteiger partial charge in [0.1, 0.15) is 6.54 Å². The van der Waals surface area contributed by atoms with E-state index in [4.69, 9.17) is 0 Å². The molecular formula is C21H38NO+. The molecule has 1 N–H and O–H groups in total. The Morgan fingerprint density at radius 1 is 0.870 bits per heavy atom. The van der Waals surface area contributed by atoms with Crippen LogP contribution < -0.4 is 0 Å². The number of nitrogens with zero attached hydrogens (tertiary/aromatic N) is 1. The van der Waals surface area contributed by atoms with Crippen LogP contribution in [0.15, 0.2) is 30.3 Å². The van der Waals surface area contributed by atoms with Crippen molar-refractivity contribution in [2.45, 2.75) is 77.4 Å². The van der Waals surface area contributed by atoms with Gasteiger partial charge >= 0.3 is 0 Å². The average molecular weight is 321 g/mol. The van der Waals surface area contributed by atoms with Crippen molar-refractivity contribution in [1.29, 1.82) is 0 Å². The molecule has 0 aliphatic heterocycles. The molecule has 2 heteroatoms. The normalized spacial score (nSPS) is 13.2. The van der Waals surface area contributed by atoms with Crippen molar-refractivity contribution in [2.75, 3.05) is 20.6 Å². The van der Waals surface area contributed by atoms with Crippen molar-refractivity contribution in [2.24, 2.45) is 0 Å². The summed E-state index contributed by atoms with van der Waals surface area (Å²) in [5.41, 5.74) is 1.42. The quantitative estimate of drug-likeness (QED) is 0.393. The van der Waals surface area contributed by atoms with Gasteiger partial charge in [0.15, 0.2) is 0 Å². The molecule has 0 bridgehead atoms. The second kappa shape index (κ2) is 11.6. The lowest BCUT2D eigenvalue weighted by Gasteiger charge is -2.30. The molecule has 0 amide bonds. The number of aliphatic hydroxyl groups is 1. The van der Waals surface area contributed by atoms with E-state index in [-0.39, 0.29) is 6.10 Å². The highest BCUT2D eigenvalue weighted by molar-refractivity contribution is 5.13. The van der Waals surface area contributed by atoms with Crippen molar-refractivity contribution in [3.05, 3.63) is 35.9 Å². The lowest BCUT2D eigenvalue weighted by Crippen LogP contribution is -2.39. The molecule has 1 atom stereocenters. The van der Waals surface area contributed by atoms with Crippen LogP contribution in [-0.4, -0.2) is 36.3 Å². The summed E-state index contributed by atoms with van der Waals surface area (Å²) in [6.07, 6.45) is 10.6. The first-order valence-corrected chi connectivity index (χ1v) is 9.57. The van der Waals surface area contributed by atoms with Crippen LogP contribution in [0.25, 0.3) is 0 Å². The first-order chi connectivity index (χ1) is 11.0. The minimum atomic E-state index is -0.0631. The van der Waals surface area contributed by atoms with Gasteiger partial charge < -0.3 is 9.59 Å². The lowest BCUT2D eigenvalue weighted by molar-refractivity contribution is -0.903. The summed E-state index contributed by atoms with van der Waals surface area (Å²) in [6, 6.07) is 10.8. The van der Waals surface area contributed by atoms with Crippen LogP contribution >= 0.6 is 0 Å². The molecule has 0 aliphatic rings. The Morgan fingerprint density at radius 2 is 1.48 bits per heavy atom. The van der Waals surface area contributed by atoms with Crippen LogP contribution in [0.3, 0.4) is 0 Å². The molecule has 1 unspecified atom stereocenters. The van der Waals surface area contributed by atoms with Crippen LogP contribution in [-0.2, 0) is 6.54 Å². The van der Waals surface area contributed by atoms with Crippen molar-refractivity contribution in [3.63, 3.8) is 0 Å². The van der Waals surface area contributed by atoms with Crippen LogP contribution in [0.2, 0.25) is 0 Å². The molecule has 0 aromatic heterocycles. The Morgan fingerprint density at radius 3 is 2.13 bits per heavy atom. The van der Waals surface area contributed by atoms with Gasteiger partial charge in [-0.2, -0.15) is 0 Å². The Balaban J connectivity index is 2.05. The molecule has 1 rings (SSSR count). The molecule has 0 heterocycles. The van der Waals surface area contributed by atoms with E-state index in [0.717, 1.165) is 23.9 Å². The largest absolute Gasteiger partial charge is 0.393 e. The highest BCUT2D eigenvalue weighted by Gasteiger charge is 2.15. The highest BCUT2D eigenvalue weighted by Crippen LogP contribution is 2.14. The molecule has 0 fully saturated rings. The zero-order valence-corrected chi connectivity index (χ0v) is 15.6. The Kier molecular flexibility index (Phi) is 10.2. The fourth-order valence-corrected chi connectivity index (χ4v) is 3.20. The molecule has 0 radical (unpaired) electrons. The second-order valence-corrected chi connectivity index (χ2v) is 7.66. The number of quaternary nitrogens is 1. The standard InChI is InChI=1S/C21H38NO/c1-4-5-9-16-21(23)17-12-6-7-13-18-22(2,3)19-20-14-10-8-11-15-20/h8,10-11,14-15,21,23H,4-7,9,12-13,16-19H2,1-3H3/q+1. The maximum atomic E-state index is 9.92. The van der Waals surface area contributed by atoms with Gasteiger partial charge in [-0.1, -0.05) is 69.4 Å². The van der Waals surface area contributed by atoms with E-state index in [1.165, 1.54) is 57.1 Å². The third-order valence-electron chi connectivity index (χ3n) is 4.65. The summed E-state index contributed by atoms with van der Waals surface area (Å²) in [4.78, 5) is 0. The minimum absolute atomic E-state index is 0.0631. The van der Waals surface area contributed by atoms with Gasteiger partial charge in [-0.25, -0.2) is 0 Å². The van der Waals surface area contributed by atoms with E-state index < -0.39 is 0 Å². The number of hydrogen-bond donors (Lipinski definition) is 1. The van der Waals surface area contributed by atoms with Gasteiger partial charge in [-0.15, -0.1) is 0 Å². The third-order valence-corrected chi connectivity index (χ3v) is 4.65. The van der Waals surface area contributed by atoms with E-state index in [0.29, 0.717) is 0 Å². The van der Waals surface area contributed by atoms with Crippen molar-refractivity contribution >= 4 is 0 Å². The molecular weight excluding hydrogens is 282 g/mol. The van der Waals surface area contributed by atoms with E-state index in [9.17, 15) is 5.11 Å². The maximum Gasteiger partial charge on any atom is 0.104 e. The van der Waals surface area contributed by atoms with Gasteiger partial charge in [-0.3, -0.25) is 0 Å². The van der Waals surface area contributed by atoms with Gasteiger partial charge in [0, 0.05) is 5.56 Å². The van der Waals surface area contributed by atoms with Crippen LogP contribution in [0, 0.1) is 0 Å².